The molecule has 1 saturated carbocycles. The van der Waals surface area contributed by atoms with Crippen LogP contribution in [0.4, 0.5) is 5.82 Å². The average molecular weight is 509 g/mol. The molecule has 0 amide bonds. The van der Waals surface area contributed by atoms with E-state index >= 15 is 0 Å². The highest BCUT2D eigenvalue weighted by atomic mass is 16.4. The van der Waals surface area contributed by atoms with Gasteiger partial charge in [0, 0.05) is 37.3 Å². The van der Waals surface area contributed by atoms with Gasteiger partial charge in [0.25, 0.3) is 5.56 Å². The summed E-state index contributed by atoms with van der Waals surface area (Å²) in [4.78, 5) is 35.1. The molecule has 7 nitrogen and oxygen atoms in total. The second kappa shape index (κ2) is 11.5. The molecule has 3 aliphatic rings. The normalized spacial score (nSPS) is 25.7. The zero-order chi connectivity index (χ0) is 25.9. The minimum atomic E-state index is -0.739. The maximum Gasteiger partial charge on any atom is 0.306 e. The van der Waals surface area contributed by atoms with Crippen LogP contribution in [0.2, 0.25) is 0 Å². The zero-order valence-electron chi connectivity index (χ0n) is 22.6. The molecule has 1 aliphatic carbocycles. The molecule has 2 saturated heterocycles. The molecule has 1 unspecified atom stereocenters. The fourth-order valence-corrected chi connectivity index (χ4v) is 7.34. The van der Waals surface area contributed by atoms with Crippen molar-refractivity contribution < 1.29 is 9.90 Å². The first-order valence-electron chi connectivity index (χ1n) is 14.7. The number of hydrogen-bond donors (Lipinski definition) is 1. The van der Waals surface area contributed by atoms with Crippen molar-refractivity contribution in [3.8, 4) is 0 Å². The SMILES string of the molecule is CC1CC[C@@H](C[C@H](C)n2c(=O)c(N3CCC(C(=O)O)CC3)nc3ccccc32)N1C1CCCCCCC1. The highest BCUT2D eigenvalue weighted by molar-refractivity contribution is 5.76. The zero-order valence-corrected chi connectivity index (χ0v) is 22.6. The Morgan fingerprint density at radius 3 is 2.38 bits per heavy atom. The number of piperidine rings is 1. The number of fused-ring (bicyclic) bond motifs is 1. The smallest absolute Gasteiger partial charge is 0.306 e. The molecular weight excluding hydrogens is 464 g/mol. The predicted molar refractivity (Wildman–Crippen MR) is 148 cm³/mol. The van der Waals surface area contributed by atoms with Gasteiger partial charge in [-0.05, 0) is 70.9 Å². The van der Waals surface area contributed by atoms with Crippen LogP contribution in [-0.2, 0) is 4.79 Å². The van der Waals surface area contributed by atoms with Crippen LogP contribution in [0.5, 0.6) is 0 Å². The molecule has 0 radical (unpaired) electrons. The van der Waals surface area contributed by atoms with Gasteiger partial charge in [0.05, 0.1) is 17.0 Å². The average Bonchev–Trinajstić information content (AvgIpc) is 3.23. The maximum absolute atomic E-state index is 14.0. The molecule has 3 fully saturated rings. The number of nitrogens with zero attached hydrogens (tertiary/aromatic N) is 4. The third kappa shape index (κ3) is 5.57. The lowest BCUT2D eigenvalue weighted by atomic mass is 9.94. The van der Waals surface area contributed by atoms with Crippen molar-refractivity contribution in [3.05, 3.63) is 34.6 Å². The molecule has 1 aromatic heterocycles. The Hall–Kier alpha value is -2.41. The van der Waals surface area contributed by atoms with Gasteiger partial charge in [0.15, 0.2) is 5.82 Å². The lowest BCUT2D eigenvalue weighted by Gasteiger charge is -2.38. The van der Waals surface area contributed by atoms with Crippen LogP contribution in [0.1, 0.15) is 96.9 Å². The standard InChI is InChI=1S/C30H44N4O3/c1-21-14-15-25(33(21)24-10-6-4-3-5-7-11-24)20-22(2)34-27-13-9-8-12-26(27)31-28(29(34)35)32-18-16-23(17-19-32)30(36)37/h8-9,12-13,21-25H,3-7,10-11,14-20H2,1-2H3,(H,36,37)/t21?,22-,25-/m0/s1. The van der Waals surface area contributed by atoms with Gasteiger partial charge in [-0.1, -0.05) is 44.2 Å². The highest BCUT2D eigenvalue weighted by Gasteiger charge is 2.37. The highest BCUT2D eigenvalue weighted by Crippen LogP contribution is 2.36. The Morgan fingerprint density at radius 2 is 1.68 bits per heavy atom. The molecule has 7 heteroatoms. The van der Waals surface area contributed by atoms with Gasteiger partial charge in [-0.2, -0.15) is 0 Å². The van der Waals surface area contributed by atoms with Gasteiger partial charge >= 0.3 is 5.97 Å². The monoisotopic (exact) mass is 508 g/mol. The summed E-state index contributed by atoms with van der Waals surface area (Å²) >= 11 is 0. The number of benzene rings is 1. The van der Waals surface area contributed by atoms with Crippen LogP contribution in [0, 0.1) is 5.92 Å². The van der Waals surface area contributed by atoms with Crippen LogP contribution in [-0.4, -0.2) is 56.7 Å². The molecular formula is C30H44N4O3. The van der Waals surface area contributed by atoms with E-state index in [1.165, 1.54) is 57.8 Å². The topological polar surface area (TPSA) is 78.7 Å². The van der Waals surface area contributed by atoms with Crippen molar-refractivity contribution in [2.24, 2.45) is 5.92 Å². The van der Waals surface area contributed by atoms with E-state index in [4.69, 9.17) is 4.98 Å². The summed E-state index contributed by atoms with van der Waals surface area (Å²) in [5.74, 6) is -0.593. The molecule has 3 atom stereocenters. The van der Waals surface area contributed by atoms with E-state index < -0.39 is 5.97 Å². The molecule has 0 bridgehead atoms. The number of likely N-dealkylation sites (tertiary alicyclic amines) is 1. The maximum atomic E-state index is 14.0. The number of carbonyl (C=O) groups is 1. The summed E-state index contributed by atoms with van der Waals surface area (Å²) in [6, 6.07) is 9.82. The van der Waals surface area contributed by atoms with Crippen molar-refractivity contribution in [2.45, 2.75) is 115 Å². The molecule has 1 N–H and O–H groups in total. The van der Waals surface area contributed by atoms with Crippen molar-refractivity contribution >= 4 is 22.8 Å². The molecule has 1 aromatic carbocycles. The summed E-state index contributed by atoms with van der Waals surface area (Å²) in [5, 5.41) is 9.40. The van der Waals surface area contributed by atoms with E-state index in [9.17, 15) is 14.7 Å². The van der Waals surface area contributed by atoms with E-state index in [1.807, 2.05) is 33.7 Å². The third-order valence-corrected chi connectivity index (χ3v) is 9.32. The Balaban J connectivity index is 1.41. The molecule has 5 rings (SSSR count). The third-order valence-electron chi connectivity index (χ3n) is 9.32. The van der Waals surface area contributed by atoms with Crippen LogP contribution >= 0.6 is 0 Å². The lowest BCUT2D eigenvalue weighted by molar-refractivity contribution is -0.142. The summed E-state index contributed by atoms with van der Waals surface area (Å²) in [5.41, 5.74) is 1.69. The van der Waals surface area contributed by atoms with Crippen molar-refractivity contribution in [1.82, 2.24) is 14.5 Å². The fraction of sp³-hybridized carbons (Fsp3) is 0.700. The van der Waals surface area contributed by atoms with Crippen LogP contribution in [0.25, 0.3) is 11.0 Å². The van der Waals surface area contributed by atoms with Gasteiger partial charge in [-0.25, -0.2) is 4.98 Å². The Bertz CT molecular complexity index is 1130. The lowest BCUT2D eigenvalue weighted by Crippen LogP contribution is -2.45. The minimum absolute atomic E-state index is 0.0384. The number of carboxylic acid groups (broad SMARTS) is 1. The summed E-state index contributed by atoms with van der Waals surface area (Å²) in [6.45, 7) is 5.72. The number of anilines is 1. The first kappa shape index (κ1) is 26.2. The Labute approximate surface area is 220 Å². The van der Waals surface area contributed by atoms with E-state index in [0.717, 1.165) is 17.5 Å². The van der Waals surface area contributed by atoms with E-state index in [1.54, 1.807) is 0 Å². The molecule has 0 spiro atoms. The summed E-state index contributed by atoms with van der Waals surface area (Å²) < 4.78 is 1.99. The predicted octanol–water partition coefficient (Wildman–Crippen LogP) is 5.61. The Morgan fingerprint density at radius 1 is 1.00 bits per heavy atom. The quantitative estimate of drug-likeness (QED) is 0.546. The molecule has 202 valence electrons. The van der Waals surface area contributed by atoms with Gasteiger partial charge in [0.2, 0.25) is 0 Å². The van der Waals surface area contributed by atoms with E-state index in [-0.39, 0.29) is 17.5 Å². The molecule has 2 aliphatic heterocycles. The molecule has 3 heterocycles. The van der Waals surface area contributed by atoms with Gasteiger partial charge < -0.3 is 14.6 Å². The first-order chi connectivity index (χ1) is 17.9. The molecule has 37 heavy (non-hydrogen) atoms. The number of para-hydroxylation sites is 2. The molecule has 2 aromatic rings. The van der Waals surface area contributed by atoms with Crippen LogP contribution in [0.15, 0.2) is 29.1 Å². The fourth-order valence-electron chi connectivity index (χ4n) is 7.34. The number of aliphatic carboxylic acids is 1. The minimum Gasteiger partial charge on any atom is -0.481 e. The summed E-state index contributed by atoms with van der Waals surface area (Å²) in [6.07, 6.45) is 13.9. The Kier molecular flexibility index (Phi) is 8.18. The van der Waals surface area contributed by atoms with Crippen LogP contribution < -0.4 is 10.5 Å². The van der Waals surface area contributed by atoms with Crippen molar-refractivity contribution in [3.63, 3.8) is 0 Å². The second-order valence-electron chi connectivity index (χ2n) is 11.8. The largest absolute Gasteiger partial charge is 0.481 e. The number of carboxylic acids is 1. The first-order valence-corrected chi connectivity index (χ1v) is 14.7. The number of aromatic nitrogens is 2. The van der Waals surface area contributed by atoms with Gasteiger partial charge in [-0.3, -0.25) is 14.5 Å². The summed E-state index contributed by atoms with van der Waals surface area (Å²) in [7, 11) is 0. The van der Waals surface area contributed by atoms with E-state index in [2.05, 4.69) is 18.7 Å². The number of rotatable bonds is 6. The second-order valence-corrected chi connectivity index (χ2v) is 11.8. The van der Waals surface area contributed by atoms with Crippen LogP contribution in [0.3, 0.4) is 0 Å². The van der Waals surface area contributed by atoms with Gasteiger partial charge in [0.1, 0.15) is 0 Å². The van der Waals surface area contributed by atoms with Crippen molar-refractivity contribution in [1.29, 1.82) is 0 Å². The van der Waals surface area contributed by atoms with E-state index in [0.29, 0.717) is 49.9 Å². The van der Waals surface area contributed by atoms with Gasteiger partial charge in [-0.15, -0.1) is 0 Å². The number of hydrogen-bond acceptors (Lipinski definition) is 5. The van der Waals surface area contributed by atoms with Crippen molar-refractivity contribution in [2.75, 3.05) is 18.0 Å².